The molecule has 0 aromatic heterocycles. The summed E-state index contributed by atoms with van der Waals surface area (Å²) in [5.41, 5.74) is 0.684. The van der Waals surface area contributed by atoms with Crippen molar-refractivity contribution in [3.05, 3.63) is 23.8 Å². The average molecular weight is 239 g/mol. The van der Waals surface area contributed by atoms with Crippen molar-refractivity contribution in [2.24, 2.45) is 5.92 Å². The number of aromatic hydroxyl groups is 2. The lowest BCUT2D eigenvalue weighted by Gasteiger charge is -2.14. The van der Waals surface area contributed by atoms with Crippen LogP contribution < -0.4 is 5.32 Å². The Morgan fingerprint density at radius 1 is 1.29 bits per heavy atom. The van der Waals surface area contributed by atoms with E-state index < -0.39 is 0 Å². The van der Waals surface area contributed by atoms with Crippen molar-refractivity contribution >= 4 is 0 Å². The fraction of sp³-hybridized carbons (Fsp3) is 0.538. The quantitative estimate of drug-likeness (QED) is 0.545. The van der Waals surface area contributed by atoms with Gasteiger partial charge in [-0.25, -0.2) is 0 Å². The molecule has 1 atom stereocenters. The fourth-order valence-corrected chi connectivity index (χ4v) is 1.76. The van der Waals surface area contributed by atoms with Crippen molar-refractivity contribution in [3.8, 4) is 11.5 Å². The normalized spacial score (nSPS) is 12.6. The lowest BCUT2D eigenvalue weighted by molar-refractivity contribution is 0.251. The molecule has 4 N–H and O–H groups in total. The van der Waals surface area contributed by atoms with E-state index in [4.69, 9.17) is 5.11 Å². The molecule has 0 amide bonds. The lowest BCUT2D eigenvalue weighted by atomic mass is 10.0. The maximum absolute atomic E-state index is 9.59. The van der Waals surface area contributed by atoms with Gasteiger partial charge in [-0.1, -0.05) is 25.5 Å². The van der Waals surface area contributed by atoms with Gasteiger partial charge in [-0.15, -0.1) is 0 Å². The molecule has 0 saturated heterocycles. The first-order chi connectivity index (χ1) is 8.19. The van der Waals surface area contributed by atoms with E-state index in [1.165, 1.54) is 6.07 Å². The summed E-state index contributed by atoms with van der Waals surface area (Å²) in [6.45, 7) is 3.61. The Balaban J connectivity index is 2.42. The summed E-state index contributed by atoms with van der Waals surface area (Å²) in [5, 5.41) is 31.0. The zero-order valence-electron chi connectivity index (χ0n) is 10.2. The number of rotatable bonds is 7. The molecule has 0 aliphatic carbocycles. The van der Waals surface area contributed by atoms with Gasteiger partial charge in [0.25, 0.3) is 0 Å². The molecule has 0 heterocycles. The monoisotopic (exact) mass is 239 g/mol. The third-order valence-corrected chi connectivity index (χ3v) is 2.96. The minimum atomic E-state index is -0.0910. The van der Waals surface area contributed by atoms with Crippen molar-refractivity contribution in [1.82, 2.24) is 5.32 Å². The molecule has 0 aliphatic heterocycles. The largest absolute Gasteiger partial charge is 0.504 e. The topological polar surface area (TPSA) is 72.7 Å². The van der Waals surface area contributed by atoms with Gasteiger partial charge >= 0.3 is 0 Å². The SMILES string of the molecule is CCC(CCO)CNCc1cccc(O)c1O. The lowest BCUT2D eigenvalue weighted by Crippen LogP contribution is -2.22. The van der Waals surface area contributed by atoms with E-state index in [2.05, 4.69) is 12.2 Å². The molecule has 0 bridgehead atoms. The Hall–Kier alpha value is -1.26. The molecular weight excluding hydrogens is 218 g/mol. The molecule has 0 spiro atoms. The van der Waals surface area contributed by atoms with Crippen LogP contribution in [0, 0.1) is 5.92 Å². The van der Waals surface area contributed by atoms with Crippen LogP contribution in [0.2, 0.25) is 0 Å². The highest BCUT2D eigenvalue weighted by molar-refractivity contribution is 5.44. The average Bonchev–Trinajstić information content (AvgIpc) is 2.33. The molecule has 0 radical (unpaired) electrons. The maximum atomic E-state index is 9.59. The predicted molar refractivity (Wildman–Crippen MR) is 67.0 cm³/mol. The number of phenols is 2. The van der Waals surface area contributed by atoms with Crippen LogP contribution in [0.1, 0.15) is 25.3 Å². The summed E-state index contributed by atoms with van der Waals surface area (Å²) in [6.07, 6.45) is 1.80. The van der Waals surface area contributed by atoms with Crippen molar-refractivity contribution in [2.75, 3.05) is 13.2 Å². The van der Waals surface area contributed by atoms with Crippen LogP contribution in [0.4, 0.5) is 0 Å². The van der Waals surface area contributed by atoms with Gasteiger partial charge in [0.1, 0.15) is 0 Å². The Labute approximate surface area is 102 Å². The van der Waals surface area contributed by atoms with Crippen LogP contribution >= 0.6 is 0 Å². The van der Waals surface area contributed by atoms with Crippen molar-refractivity contribution in [3.63, 3.8) is 0 Å². The number of para-hydroxylation sites is 1. The summed E-state index contributed by atoms with van der Waals surface area (Å²) in [7, 11) is 0. The van der Waals surface area contributed by atoms with E-state index in [-0.39, 0.29) is 18.1 Å². The standard InChI is InChI=1S/C13H21NO3/c1-2-10(6-7-15)8-14-9-11-4-3-5-12(16)13(11)17/h3-5,10,14-17H,2,6-9H2,1H3. The first-order valence-electron chi connectivity index (χ1n) is 6.00. The van der Waals surface area contributed by atoms with Gasteiger partial charge in [-0.3, -0.25) is 0 Å². The highest BCUT2D eigenvalue weighted by Gasteiger charge is 2.07. The van der Waals surface area contributed by atoms with Crippen LogP contribution in [0.5, 0.6) is 11.5 Å². The van der Waals surface area contributed by atoms with Gasteiger partial charge < -0.3 is 20.6 Å². The zero-order chi connectivity index (χ0) is 12.7. The van der Waals surface area contributed by atoms with E-state index in [0.29, 0.717) is 18.0 Å². The summed E-state index contributed by atoms with van der Waals surface area (Å²) < 4.78 is 0. The molecule has 4 heteroatoms. The second kappa shape index (κ2) is 7.14. The minimum Gasteiger partial charge on any atom is -0.504 e. The highest BCUT2D eigenvalue weighted by Crippen LogP contribution is 2.27. The van der Waals surface area contributed by atoms with Gasteiger partial charge in [0.15, 0.2) is 11.5 Å². The first kappa shape index (κ1) is 13.8. The second-order valence-corrected chi connectivity index (χ2v) is 4.20. The van der Waals surface area contributed by atoms with Gasteiger partial charge in [0.2, 0.25) is 0 Å². The molecule has 96 valence electrons. The zero-order valence-corrected chi connectivity index (χ0v) is 10.2. The van der Waals surface area contributed by atoms with E-state index in [9.17, 15) is 10.2 Å². The third-order valence-electron chi connectivity index (χ3n) is 2.96. The van der Waals surface area contributed by atoms with E-state index >= 15 is 0 Å². The Morgan fingerprint density at radius 3 is 2.71 bits per heavy atom. The summed E-state index contributed by atoms with van der Waals surface area (Å²) >= 11 is 0. The number of benzene rings is 1. The van der Waals surface area contributed by atoms with Crippen molar-refractivity contribution in [2.45, 2.75) is 26.3 Å². The molecule has 0 fully saturated rings. The summed E-state index contributed by atoms with van der Waals surface area (Å²) in [6, 6.07) is 4.94. The van der Waals surface area contributed by atoms with Crippen LogP contribution in [0.3, 0.4) is 0 Å². The van der Waals surface area contributed by atoms with E-state index in [0.717, 1.165) is 19.4 Å². The Morgan fingerprint density at radius 2 is 2.06 bits per heavy atom. The molecule has 1 unspecified atom stereocenters. The van der Waals surface area contributed by atoms with Gasteiger partial charge in [0.05, 0.1) is 0 Å². The highest BCUT2D eigenvalue weighted by atomic mass is 16.3. The van der Waals surface area contributed by atoms with Gasteiger partial charge in [-0.05, 0) is 24.9 Å². The molecule has 17 heavy (non-hydrogen) atoms. The van der Waals surface area contributed by atoms with E-state index in [1.54, 1.807) is 12.1 Å². The van der Waals surface area contributed by atoms with Crippen LogP contribution in [0.25, 0.3) is 0 Å². The Bertz CT molecular complexity index is 341. The fourth-order valence-electron chi connectivity index (χ4n) is 1.76. The van der Waals surface area contributed by atoms with Crippen LogP contribution in [-0.4, -0.2) is 28.5 Å². The molecule has 1 aromatic rings. The number of hydrogen-bond donors (Lipinski definition) is 4. The molecule has 0 saturated carbocycles. The molecule has 1 aromatic carbocycles. The number of nitrogens with one attached hydrogen (secondary N) is 1. The van der Waals surface area contributed by atoms with E-state index in [1.807, 2.05) is 0 Å². The van der Waals surface area contributed by atoms with Gasteiger partial charge in [0, 0.05) is 18.7 Å². The molecule has 1 rings (SSSR count). The molecular formula is C13H21NO3. The van der Waals surface area contributed by atoms with Crippen LogP contribution in [0.15, 0.2) is 18.2 Å². The van der Waals surface area contributed by atoms with Gasteiger partial charge in [-0.2, -0.15) is 0 Å². The smallest absolute Gasteiger partial charge is 0.161 e. The summed E-state index contributed by atoms with van der Waals surface area (Å²) in [4.78, 5) is 0. The number of aliphatic hydroxyl groups excluding tert-OH is 1. The number of hydrogen-bond acceptors (Lipinski definition) is 4. The predicted octanol–water partition coefficient (Wildman–Crippen LogP) is 1.60. The van der Waals surface area contributed by atoms with Crippen molar-refractivity contribution in [1.29, 1.82) is 0 Å². The molecule has 4 nitrogen and oxygen atoms in total. The second-order valence-electron chi connectivity index (χ2n) is 4.20. The van der Waals surface area contributed by atoms with Crippen LogP contribution in [-0.2, 0) is 6.54 Å². The number of aliphatic hydroxyl groups is 1. The third kappa shape index (κ3) is 4.24. The minimum absolute atomic E-state index is 0.0600. The van der Waals surface area contributed by atoms with Crippen molar-refractivity contribution < 1.29 is 15.3 Å². The molecule has 0 aliphatic rings. The number of phenolic OH excluding ortho intramolecular Hbond substituents is 2. The summed E-state index contributed by atoms with van der Waals surface area (Å²) in [5.74, 6) is 0.293. The maximum Gasteiger partial charge on any atom is 0.161 e. The Kier molecular flexibility index (Phi) is 5.80. The first-order valence-corrected chi connectivity index (χ1v) is 6.00.